The first-order valence-electron chi connectivity index (χ1n) is 5.01. The van der Waals surface area contributed by atoms with Crippen molar-refractivity contribution < 1.29 is 0 Å². The SMILES string of the molecule is N#CCCCCNCC1CCC1. The normalized spacial score (nSPS) is 16.9. The molecule has 0 aromatic rings. The smallest absolute Gasteiger partial charge is 0.0621 e. The Balaban J connectivity index is 1.74. The second kappa shape index (κ2) is 6.02. The van der Waals surface area contributed by atoms with Crippen molar-refractivity contribution in [1.82, 2.24) is 5.32 Å². The first-order chi connectivity index (χ1) is 5.93. The Morgan fingerprint density at radius 3 is 2.75 bits per heavy atom. The number of nitriles is 1. The quantitative estimate of drug-likeness (QED) is 0.613. The summed E-state index contributed by atoms with van der Waals surface area (Å²) >= 11 is 0. The number of rotatable bonds is 6. The lowest BCUT2D eigenvalue weighted by Crippen LogP contribution is -2.27. The van der Waals surface area contributed by atoms with E-state index >= 15 is 0 Å². The highest BCUT2D eigenvalue weighted by atomic mass is 14.9. The third-order valence-corrected chi connectivity index (χ3v) is 2.55. The van der Waals surface area contributed by atoms with Crippen molar-refractivity contribution >= 4 is 0 Å². The Hall–Kier alpha value is -0.550. The van der Waals surface area contributed by atoms with Crippen LogP contribution in [-0.2, 0) is 0 Å². The molecular formula is C10H18N2. The van der Waals surface area contributed by atoms with Crippen LogP contribution in [0.3, 0.4) is 0 Å². The average molecular weight is 166 g/mol. The van der Waals surface area contributed by atoms with Crippen molar-refractivity contribution in [3.63, 3.8) is 0 Å². The highest BCUT2D eigenvalue weighted by Gasteiger charge is 2.15. The van der Waals surface area contributed by atoms with Gasteiger partial charge in [0.2, 0.25) is 0 Å². The molecule has 0 saturated heterocycles. The summed E-state index contributed by atoms with van der Waals surface area (Å²) in [6, 6.07) is 2.16. The van der Waals surface area contributed by atoms with Gasteiger partial charge in [0.15, 0.2) is 0 Å². The van der Waals surface area contributed by atoms with Crippen molar-refractivity contribution in [3.8, 4) is 6.07 Å². The van der Waals surface area contributed by atoms with Crippen LogP contribution in [0.5, 0.6) is 0 Å². The molecule has 1 saturated carbocycles. The van der Waals surface area contributed by atoms with Crippen LogP contribution in [0.4, 0.5) is 0 Å². The lowest BCUT2D eigenvalue weighted by molar-refractivity contribution is 0.301. The largest absolute Gasteiger partial charge is 0.316 e. The maximum Gasteiger partial charge on any atom is 0.0621 e. The van der Waals surface area contributed by atoms with Crippen LogP contribution in [0, 0.1) is 17.2 Å². The molecule has 2 heteroatoms. The van der Waals surface area contributed by atoms with Gasteiger partial charge in [-0.1, -0.05) is 6.42 Å². The predicted molar refractivity (Wildman–Crippen MR) is 49.7 cm³/mol. The fraction of sp³-hybridized carbons (Fsp3) is 0.900. The molecule has 0 spiro atoms. The van der Waals surface area contributed by atoms with E-state index in [1.165, 1.54) is 25.8 Å². The Bertz CT molecular complexity index is 144. The summed E-state index contributed by atoms with van der Waals surface area (Å²) in [5.74, 6) is 0.959. The molecule has 0 radical (unpaired) electrons. The summed E-state index contributed by atoms with van der Waals surface area (Å²) in [6.07, 6.45) is 7.19. The maximum absolute atomic E-state index is 8.29. The maximum atomic E-state index is 8.29. The first-order valence-corrected chi connectivity index (χ1v) is 5.01. The topological polar surface area (TPSA) is 35.8 Å². The van der Waals surface area contributed by atoms with Crippen LogP contribution < -0.4 is 5.32 Å². The highest BCUT2D eigenvalue weighted by Crippen LogP contribution is 2.24. The van der Waals surface area contributed by atoms with Crippen LogP contribution >= 0.6 is 0 Å². The molecular weight excluding hydrogens is 148 g/mol. The standard InChI is InChI=1S/C10H18N2/c11-7-2-1-3-8-12-9-10-5-4-6-10/h10,12H,1-6,8-9H2. The van der Waals surface area contributed by atoms with Crippen LogP contribution in [0.15, 0.2) is 0 Å². The van der Waals surface area contributed by atoms with E-state index < -0.39 is 0 Å². The predicted octanol–water partition coefficient (Wildman–Crippen LogP) is 2.07. The molecule has 1 aliphatic carbocycles. The molecule has 1 N–H and O–H groups in total. The van der Waals surface area contributed by atoms with E-state index in [4.69, 9.17) is 5.26 Å². The second-order valence-electron chi connectivity index (χ2n) is 3.62. The van der Waals surface area contributed by atoms with Gasteiger partial charge in [-0.2, -0.15) is 5.26 Å². The molecule has 0 aliphatic heterocycles. The average Bonchev–Trinajstić information content (AvgIpc) is 2.00. The summed E-state index contributed by atoms with van der Waals surface area (Å²) in [5.41, 5.74) is 0. The molecule has 0 amide bonds. The van der Waals surface area contributed by atoms with Gasteiger partial charge in [0, 0.05) is 6.42 Å². The molecule has 0 atom stereocenters. The zero-order valence-electron chi connectivity index (χ0n) is 7.68. The molecule has 0 aromatic heterocycles. The zero-order chi connectivity index (χ0) is 8.65. The fourth-order valence-corrected chi connectivity index (χ4v) is 1.46. The Labute approximate surface area is 75.0 Å². The van der Waals surface area contributed by atoms with E-state index in [1.54, 1.807) is 0 Å². The van der Waals surface area contributed by atoms with Gasteiger partial charge in [-0.15, -0.1) is 0 Å². The van der Waals surface area contributed by atoms with Crippen LogP contribution in [0.25, 0.3) is 0 Å². The van der Waals surface area contributed by atoms with E-state index in [0.29, 0.717) is 6.42 Å². The molecule has 68 valence electrons. The Morgan fingerprint density at radius 1 is 1.33 bits per heavy atom. The molecule has 0 bridgehead atoms. The minimum Gasteiger partial charge on any atom is -0.316 e. The molecule has 1 fully saturated rings. The van der Waals surface area contributed by atoms with Crippen molar-refractivity contribution in [1.29, 1.82) is 5.26 Å². The van der Waals surface area contributed by atoms with Gasteiger partial charge < -0.3 is 5.32 Å². The van der Waals surface area contributed by atoms with Crippen molar-refractivity contribution in [2.75, 3.05) is 13.1 Å². The van der Waals surface area contributed by atoms with E-state index in [9.17, 15) is 0 Å². The third-order valence-electron chi connectivity index (χ3n) is 2.55. The van der Waals surface area contributed by atoms with E-state index in [0.717, 1.165) is 25.3 Å². The van der Waals surface area contributed by atoms with Gasteiger partial charge in [-0.3, -0.25) is 0 Å². The molecule has 0 aromatic carbocycles. The van der Waals surface area contributed by atoms with Gasteiger partial charge in [0.25, 0.3) is 0 Å². The van der Waals surface area contributed by atoms with Gasteiger partial charge in [0.05, 0.1) is 6.07 Å². The van der Waals surface area contributed by atoms with E-state index in [2.05, 4.69) is 11.4 Å². The lowest BCUT2D eigenvalue weighted by atomic mass is 9.85. The number of hydrogen-bond acceptors (Lipinski definition) is 2. The Morgan fingerprint density at radius 2 is 2.17 bits per heavy atom. The summed E-state index contributed by atoms with van der Waals surface area (Å²) in [4.78, 5) is 0. The van der Waals surface area contributed by atoms with Crippen molar-refractivity contribution in [2.45, 2.75) is 38.5 Å². The molecule has 0 unspecified atom stereocenters. The summed E-state index contributed by atoms with van der Waals surface area (Å²) in [5, 5.41) is 11.7. The molecule has 2 nitrogen and oxygen atoms in total. The van der Waals surface area contributed by atoms with Crippen molar-refractivity contribution in [3.05, 3.63) is 0 Å². The minimum absolute atomic E-state index is 0.713. The second-order valence-corrected chi connectivity index (χ2v) is 3.62. The van der Waals surface area contributed by atoms with Gasteiger partial charge in [-0.05, 0) is 44.7 Å². The zero-order valence-corrected chi connectivity index (χ0v) is 7.68. The first kappa shape index (κ1) is 9.54. The van der Waals surface area contributed by atoms with E-state index in [1.807, 2.05) is 0 Å². The van der Waals surface area contributed by atoms with Crippen molar-refractivity contribution in [2.24, 2.45) is 5.92 Å². The van der Waals surface area contributed by atoms with Crippen LogP contribution in [0.1, 0.15) is 38.5 Å². The summed E-state index contributed by atoms with van der Waals surface area (Å²) < 4.78 is 0. The fourth-order valence-electron chi connectivity index (χ4n) is 1.46. The highest BCUT2D eigenvalue weighted by molar-refractivity contribution is 4.72. The van der Waals surface area contributed by atoms with Gasteiger partial charge in [0.1, 0.15) is 0 Å². The monoisotopic (exact) mass is 166 g/mol. The van der Waals surface area contributed by atoms with Crippen LogP contribution in [0.2, 0.25) is 0 Å². The van der Waals surface area contributed by atoms with Gasteiger partial charge in [-0.25, -0.2) is 0 Å². The van der Waals surface area contributed by atoms with E-state index in [-0.39, 0.29) is 0 Å². The molecule has 12 heavy (non-hydrogen) atoms. The Kier molecular flexibility index (Phi) is 4.79. The van der Waals surface area contributed by atoms with Gasteiger partial charge >= 0.3 is 0 Å². The number of nitrogens with one attached hydrogen (secondary N) is 1. The molecule has 1 rings (SSSR count). The number of nitrogens with zero attached hydrogens (tertiary/aromatic N) is 1. The lowest BCUT2D eigenvalue weighted by Gasteiger charge is -2.25. The third kappa shape index (κ3) is 3.73. The minimum atomic E-state index is 0.713. The number of unbranched alkanes of at least 4 members (excludes halogenated alkanes) is 2. The number of hydrogen-bond donors (Lipinski definition) is 1. The summed E-state index contributed by atoms with van der Waals surface area (Å²) in [7, 11) is 0. The van der Waals surface area contributed by atoms with Crippen LogP contribution in [-0.4, -0.2) is 13.1 Å². The molecule has 0 heterocycles. The molecule has 1 aliphatic rings. The summed E-state index contributed by atoms with van der Waals surface area (Å²) in [6.45, 7) is 2.30.